The van der Waals surface area contributed by atoms with Crippen LogP contribution in [0.25, 0.3) is 0 Å². The van der Waals surface area contributed by atoms with Crippen molar-refractivity contribution in [1.29, 1.82) is 5.26 Å². The van der Waals surface area contributed by atoms with Crippen LogP contribution in [-0.4, -0.2) is 0 Å². The van der Waals surface area contributed by atoms with Crippen LogP contribution in [0, 0.1) is 22.6 Å². The maximum atomic E-state index is 13.1. The molecule has 0 aromatic heterocycles. The number of halogens is 1. The summed E-state index contributed by atoms with van der Waals surface area (Å²) in [5.74, 6) is -0.224. The number of nitrogens with zero attached hydrogens (tertiary/aromatic N) is 1. The molecule has 2 aromatic carbocycles. The second kappa shape index (κ2) is 6.72. The fourth-order valence-electron chi connectivity index (χ4n) is 2.55. The first-order valence-corrected chi connectivity index (χ1v) is 7.38. The van der Waals surface area contributed by atoms with Gasteiger partial charge in [0.05, 0.1) is 11.6 Å². The molecule has 0 amide bonds. The number of hydrogen-bond acceptors (Lipinski definition) is 2. The van der Waals surface area contributed by atoms with Crippen molar-refractivity contribution in [2.45, 2.75) is 33.4 Å². The number of benzene rings is 2. The lowest BCUT2D eigenvalue weighted by Crippen LogP contribution is -2.32. The molecule has 2 aromatic rings. The lowest BCUT2D eigenvalue weighted by Gasteiger charge is -2.32. The Hall–Kier alpha value is -2.18. The molecule has 114 valence electrons. The topological polar surface area (TPSA) is 35.8 Å². The maximum Gasteiger partial charge on any atom is 0.123 e. The molecule has 2 rings (SSSR count). The van der Waals surface area contributed by atoms with E-state index in [0.717, 1.165) is 11.1 Å². The van der Waals surface area contributed by atoms with Crippen LogP contribution in [0.4, 0.5) is 4.39 Å². The van der Waals surface area contributed by atoms with Gasteiger partial charge in [0.25, 0.3) is 0 Å². The Bertz CT molecular complexity index is 663. The highest BCUT2D eigenvalue weighted by Gasteiger charge is 2.25. The van der Waals surface area contributed by atoms with E-state index in [1.54, 1.807) is 6.07 Å². The smallest absolute Gasteiger partial charge is 0.123 e. The van der Waals surface area contributed by atoms with Gasteiger partial charge >= 0.3 is 0 Å². The average molecular weight is 296 g/mol. The molecule has 0 saturated carbocycles. The zero-order valence-electron chi connectivity index (χ0n) is 13.2. The highest BCUT2D eigenvalue weighted by Crippen LogP contribution is 2.33. The van der Waals surface area contributed by atoms with Crippen molar-refractivity contribution in [2.24, 2.45) is 5.41 Å². The van der Waals surface area contributed by atoms with Gasteiger partial charge in [0.15, 0.2) is 0 Å². The summed E-state index contributed by atoms with van der Waals surface area (Å²) in [6.07, 6.45) is 0. The number of nitrogens with one attached hydrogen (secondary N) is 1. The Morgan fingerprint density at radius 2 is 1.82 bits per heavy atom. The van der Waals surface area contributed by atoms with Gasteiger partial charge in [-0.15, -0.1) is 0 Å². The molecule has 1 N–H and O–H groups in total. The van der Waals surface area contributed by atoms with Gasteiger partial charge < -0.3 is 5.32 Å². The third-order valence-corrected chi connectivity index (χ3v) is 3.64. The average Bonchev–Trinajstić information content (AvgIpc) is 2.48. The second-order valence-electron chi connectivity index (χ2n) is 6.54. The first-order valence-electron chi connectivity index (χ1n) is 7.38. The van der Waals surface area contributed by atoms with Crippen LogP contribution in [0.2, 0.25) is 0 Å². The van der Waals surface area contributed by atoms with E-state index in [2.05, 4.69) is 32.2 Å². The van der Waals surface area contributed by atoms with Gasteiger partial charge in [0.1, 0.15) is 5.82 Å². The van der Waals surface area contributed by atoms with Crippen LogP contribution < -0.4 is 5.32 Å². The van der Waals surface area contributed by atoms with Crippen LogP contribution in [0.5, 0.6) is 0 Å². The fourth-order valence-corrected chi connectivity index (χ4v) is 2.55. The van der Waals surface area contributed by atoms with Crippen LogP contribution in [-0.2, 0) is 6.54 Å². The number of rotatable bonds is 4. The largest absolute Gasteiger partial charge is 0.305 e. The lowest BCUT2D eigenvalue weighted by molar-refractivity contribution is 0.271. The number of hydrogen-bond donors (Lipinski definition) is 1. The normalized spacial score (nSPS) is 12.7. The van der Waals surface area contributed by atoms with E-state index < -0.39 is 0 Å². The summed E-state index contributed by atoms with van der Waals surface area (Å²) in [7, 11) is 0. The Morgan fingerprint density at radius 3 is 2.41 bits per heavy atom. The quantitative estimate of drug-likeness (QED) is 0.896. The zero-order chi connectivity index (χ0) is 16.2. The van der Waals surface area contributed by atoms with E-state index in [4.69, 9.17) is 5.26 Å². The molecule has 2 nitrogen and oxygen atoms in total. The first-order chi connectivity index (χ1) is 10.4. The van der Waals surface area contributed by atoms with E-state index in [1.807, 2.05) is 30.3 Å². The Labute approximate surface area is 131 Å². The van der Waals surface area contributed by atoms with Crippen LogP contribution in [0.1, 0.15) is 43.5 Å². The summed E-state index contributed by atoms with van der Waals surface area (Å²) in [5, 5.41) is 12.5. The molecule has 3 heteroatoms. The van der Waals surface area contributed by atoms with E-state index in [9.17, 15) is 4.39 Å². The minimum Gasteiger partial charge on any atom is -0.305 e. The van der Waals surface area contributed by atoms with E-state index in [1.165, 1.54) is 12.1 Å². The highest BCUT2D eigenvalue weighted by atomic mass is 19.1. The minimum absolute atomic E-state index is 0.00926. The van der Waals surface area contributed by atoms with Crippen molar-refractivity contribution >= 4 is 0 Å². The first kappa shape index (κ1) is 16.2. The summed E-state index contributed by atoms with van der Waals surface area (Å²) >= 11 is 0. The molecule has 0 aliphatic rings. The van der Waals surface area contributed by atoms with Gasteiger partial charge in [0, 0.05) is 12.6 Å². The molecular formula is C19H21FN2. The van der Waals surface area contributed by atoms with Gasteiger partial charge in [-0.1, -0.05) is 45.0 Å². The monoisotopic (exact) mass is 296 g/mol. The summed E-state index contributed by atoms with van der Waals surface area (Å²) in [4.78, 5) is 0. The molecule has 0 saturated heterocycles. The molecule has 0 aliphatic carbocycles. The third-order valence-electron chi connectivity index (χ3n) is 3.64. The number of nitriles is 1. The van der Waals surface area contributed by atoms with E-state index in [0.29, 0.717) is 12.1 Å². The molecule has 0 heterocycles. The minimum atomic E-state index is -0.224. The predicted molar refractivity (Wildman–Crippen MR) is 86.6 cm³/mol. The Morgan fingerprint density at radius 1 is 1.14 bits per heavy atom. The van der Waals surface area contributed by atoms with Crippen molar-refractivity contribution in [2.75, 3.05) is 0 Å². The molecule has 0 aliphatic heterocycles. The molecular weight excluding hydrogens is 275 g/mol. The highest BCUT2D eigenvalue weighted by molar-refractivity contribution is 5.33. The molecule has 0 bridgehead atoms. The molecule has 0 radical (unpaired) electrons. The van der Waals surface area contributed by atoms with Crippen molar-refractivity contribution in [3.05, 3.63) is 71.0 Å². The predicted octanol–water partition coefficient (Wildman–Crippen LogP) is 4.57. The Kier molecular flexibility index (Phi) is 4.95. The standard InChI is InChI=1S/C19H21FN2/c1-19(2,3)18(16-7-9-17(20)10-8-16)22-13-15-6-4-5-14(11-15)12-21/h4-11,18,22H,13H2,1-3H3. The lowest BCUT2D eigenvalue weighted by atomic mass is 9.82. The molecule has 22 heavy (non-hydrogen) atoms. The summed E-state index contributed by atoms with van der Waals surface area (Å²) in [6.45, 7) is 7.12. The molecule has 0 fully saturated rings. The van der Waals surface area contributed by atoms with Gasteiger partial charge in [0.2, 0.25) is 0 Å². The van der Waals surface area contributed by atoms with Crippen molar-refractivity contribution in [1.82, 2.24) is 5.32 Å². The zero-order valence-corrected chi connectivity index (χ0v) is 13.2. The molecule has 1 unspecified atom stereocenters. The van der Waals surface area contributed by atoms with Gasteiger partial charge in [-0.25, -0.2) is 4.39 Å². The summed E-state index contributed by atoms with van der Waals surface area (Å²) in [5.41, 5.74) is 2.78. The third kappa shape index (κ3) is 4.16. The van der Waals surface area contributed by atoms with Crippen molar-refractivity contribution in [3.63, 3.8) is 0 Å². The van der Waals surface area contributed by atoms with Gasteiger partial charge in [-0.3, -0.25) is 0 Å². The van der Waals surface area contributed by atoms with E-state index >= 15 is 0 Å². The van der Waals surface area contributed by atoms with Crippen LogP contribution in [0.15, 0.2) is 48.5 Å². The van der Waals surface area contributed by atoms with Gasteiger partial charge in [-0.05, 0) is 40.8 Å². The van der Waals surface area contributed by atoms with Crippen LogP contribution >= 0.6 is 0 Å². The molecule has 1 atom stereocenters. The summed E-state index contributed by atoms with van der Waals surface area (Å²) < 4.78 is 13.1. The SMILES string of the molecule is CC(C)(C)C(NCc1cccc(C#N)c1)c1ccc(F)cc1. The van der Waals surface area contributed by atoms with Crippen LogP contribution in [0.3, 0.4) is 0 Å². The molecule has 0 spiro atoms. The second-order valence-corrected chi connectivity index (χ2v) is 6.54. The van der Waals surface area contributed by atoms with E-state index in [-0.39, 0.29) is 17.3 Å². The fraction of sp³-hybridized carbons (Fsp3) is 0.316. The summed E-state index contributed by atoms with van der Waals surface area (Å²) in [6, 6.07) is 16.5. The maximum absolute atomic E-state index is 13.1. The Balaban J connectivity index is 2.17. The van der Waals surface area contributed by atoms with Gasteiger partial charge in [-0.2, -0.15) is 5.26 Å². The van der Waals surface area contributed by atoms with Crippen molar-refractivity contribution in [3.8, 4) is 6.07 Å². The van der Waals surface area contributed by atoms with Crippen molar-refractivity contribution < 1.29 is 4.39 Å².